The van der Waals surface area contributed by atoms with Crippen LogP contribution in [0.1, 0.15) is 31.4 Å². The van der Waals surface area contributed by atoms with E-state index >= 15 is 0 Å². The number of thiophene rings is 1. The summed E-state index contributed by atoms with van der Waals surface area (Å²) < 4.78 is 2.17. The second-order valence-electron chi connectivity index (χ2n) is 6.32. The van der Waals surface area contributed by atoms with Gasteiger partial charge in [0.1, 0.15) is 0 Å². The van der Waals surface area contributed by atoms with Crippen molar-refractivity contribution in [3.8, 4) is 16.8 Å². The monoisotopic (exact) mass is 395 g/mol. The van der Waals surface area contributed by atoms with Gasteiger partial charge in [0.15, 0.2) is 11.0 Å². The fraction of sp³-hybridized carbons (Fsp3) is 0.263. The number of thioether (sulfide) groups is 1. The van der Waals surface area contributed by atoms with Crippen molar-refractivity contribution in [1.29, 1.82) is 5.26 Å². The molecule has 1 aliphatic carbocycles. The van der Waals surface area contributed by atoms with Crippen molar-refractivity contribution in [2.45, 2.75) is 36.2 Å². The largest absolute Gasteiger partial charge is 0.325 e. The highest BCUT2D eigenvalue weighted by Gasteiger charge is 2.31. The SMILES string of the molecule is C[C@@H](Sc1nnc(-c2cccs2)n1C1CC1)C(=O)Nc1ccc(C#N)cc1. The van der Waals surface area contributed by atoms with Gasteiger partial charge in [-0.2, -0.15) is 5.26 Å². The summed E-state index contributed by atoms with van der Waals surface area (Å²) in [7, 11) is 0. The number of carbonyl (C=O) groups is 1. The van der Waals surface area contributed by atoms with Crippen LogP contribution in [0.4, 0.5) is 5.69 Å². The lowest BCUT2D eigenvalue weighted by molar-refractivity contribution is -0.115. The third kappa shape index (κ3) is 3.89. The number of nitrogens with one attached hydrogen (secondary N) is 1. The molecule has 6 nitrogen and oxygen atoms in total. The number of nitrogens with zero attached hydrogens (tertiary/aromatic N) is 4. The molecular formula is C19H17N5OS2. The number of benzene rings is 1. The Labute approximate surface area is 165 Å². The number of nitriles is 1. The van der Waals surface area contributed by atoms with Crippen LogP contribution in [0.25, 0.3) is 10.7 Å². The molecule has 0 saturated heterocycles. The number of hydrogen-bond donors (Lipinski definition) is 1. The fourth-order valence-electron chi connectivity index (χ4n) is 2.68. The number of carbonyl (C=O) groups excluding carboxylic acids is 1. The summed E-state index contributed by atoms with van der Waals surface area (Å²) >= 11 is 3.07. The van der Waals surface area contributed by atoms with E-state index in [1.807, 2.05) is 24.4 Å². The Morgan fingerprint density at radius 2 is 2.11 bits per heavy atom. The van der Waals surface area contributed by atoms with Crippen LogP contribution >= 0.6 is 23.1 Å². The first-order chi connectivity index (χ1) is 13.2. The maximum atomic E-state index is 12.6. The molecule has 0 unspecified atom stereocenters. The summed E-state index contributed by atoms with van der Waals surface area (Å²) in [6.45, 7) is 1.86. The molecule has 136 valence electrons. The van der Waals surface area contributed by atoms with Crippen LogP contribution in [-0.4, -0.2) is 25.9 Å². The number of hydrogen-bond acceptors (Lipinski definition) is 6. The number of anilines is 1. The van der Waals surface area contributed by atoms with Crippen molar-refractivity contribution >= 4 is 34.7 Å². The van der Waals surface area contributed by atoms with Crippen molar-refractivity contribution < 1.29 is 4.79 Å². The molecule has 1 aliphatic rings. The molecule has 1 saturated carbocycles. The van der Waals surface area contributed by atoms with Gasteiger partial charge in [-0.15, -0.1) is 21.5 Å². The summed E-state index contributed by atoms with van der Waals surface area (Å²) in [4.78, 5) is 13.6. The Kier molecular flexibility index (Phi) is 4.97. The molecular weight excluding hydrogens is 378 g/mol. The van der Waals surface area contributed by atoms with Crippen molar-refractivity contribution in [1.82, 2.24) is 14.8 Å². The minimum absolute atomic E-state index is 0.104. The first kappa shape index (κ1) is 17.8. The highest BCUT2D eigenvalue weighted by molar-refractivity contribution is 8.00. The molecule has 8 heteroatoms. The Morgan fingerprint density at radius 3 is 2.74 bits per heavy atom. The summed E-state index contributed by atoms with van der Waals surface area (Å²) in [6.07, 6.45) is 2.24. The molecule has 2 heterocycles. The maximum Gasteiger partial charge on any atom is 0.237 e. The molecule has 3 aromatic rings. The Hall–Kier alpha value is -2.63. The van der Waals surface area contributed by atoms with Crippen molar-refractivity contribution in [3.63, 3.8) is 0 Å². The molecule has 1 fully saturated rings. The molecule has 2 aromatic heterocycles. The second kappa shape index (κ2) is 7.55. The third-order valence-electron chi connectivity index (χ3n) is 4.25. The first-order valence-electron chi connectivity index (χ1n) is 8.62. The summed E-state index contributed by atoms with van der Waals surface area (Å²) in [5.41, 5.74) is 1.24. The third-order valence-corrected chi connectivity index (χ3v) is 6.17. The van der Waals surface area contributed by atoms with Crippen LogP contribution in [0.15, 0.2) is 46.9 Å². The van der Waals surface area contributed by atoms with Crippen LogP contribution in [0.5, 0.6) is 0 Å². The predicted octanol–water partition coefficient (Wildman–Crippen LogP) is 4.33. The Bertz CT molecular complexity index is 984. The number of rotatable bonds is 6. The van der Waals surface area contributed by atoms with E-state index in [0.717, 1.165) is 28.7 Å². The van der Waals surface area contributed by atoms with Gasteiger partial charge in [-0.25, -0.2) is 0 Å². The van der Waals surface area contributed by atoms with Crippen molar-refractivity contribution in [2.75, 3.05) is 5.32 Å². The normalized spacial score (nSPS) is 14.5. The van der Waals surface area contributed by atoms with Gasteiger partial charge in [0.2, 0.25) is 5.91 Å². The van der Waals surface area contributed by atoms with Crippen LogP contribution in [0.3, 0.4) is 0 Å². The number of amides is 1. The molecule has 27 heavy (non-hydrogen) atoms. The standard InChI is InChI=1S/C19H17N5OS2/c1-12(18(25)21-14-6-4-13(11-20)5-7-14)27-19-23-22-17(16-3-2-10-26-16)24(19)15-8-9-15/h2-7,10,12,15H,8-9H2,1H3,(H,21,25)/t12-/m1/s1. The molecule has 1 amide bonds. The molecule has 1 N–H and O–H groups in total. The molecule has 0 radical (unpaired) electrons. The lowest BCUT2D eigenvalue weighted by atomic mass is 10.2. The Balaban J connectivity index is 1.48. The molecule has 1 aromatic carbocycles. The van der Waals surface area contributed by atoms with Gasteiger partial charge in [-0.1, -0.05) is 17.8 Å². The highest BCUT2D eigenvalue weighted by atomic mass is 32.2. The lowest BCUT2D eigenvalue weighted by Crippen LogP contribution is -2.22. The molecule has 0 aliphatic heterocycles. The smallest absolute Gasteiger partial charge is 0.237 e. The highest BCUT2D eigenvalue weighted by Crippen LogP contribution is 2.42. The van der Waals surface area contributed by atoms with E-state index in [1.165, 1.54) is 11.8 Å². The quantitative estimate of drug-likeness (QED) is 0.628. The van der Waals surface area contributed by atoms with E-state index in [-0.39, 0.29) is 11.2 Å². The van der Waals surface area contributed by atoms with Gasteiger partial charge in [-0.3, -0.25) is 9.36 Å². The van der Waals surface area contributed by atoms with E-state index < -0.39 is 0 Å². The van der Waals surface area contributed by atoms with Crippen LogP contribution in [0, 0.1) is 11.3 Å². The molecule has 0 spiro atoms. The van der Waals surface area contributed by atoms with Gasteiger partial charge in [0.05, 0.1) is 21.8 Å². The predicted molar refractivity (Wildman–Crippen MR) is 107 cm³/mol. The van der Waals surface area contributed by atoms with Crippen LogP contribution in [0.2, 0.25) is 0 Å². The van der Waals surface area contributed by atoms with Crippen molar-refractivity contribution in [2.24, 2.45) is 0 Å². The zero-order valence-electron chi connectivity index (χ0n) is 14.6. The minimum Gasteiger partial charge on any atom is -0.325 e. The van der Waals surface area contributed by atoms with Gasteiger partial charge >= 0.3 is 0 Å². The maximum absolute atomic E-state index is 12.6. The topological polar surface area (TPSA) is 83.6 Å². The van der Waals surface area contributed by atoms with Crippen LogP contribution in [-0.2, 0) is 4.79 Å². The molecule has 4 rings (SSSR count). The van der Waals surface area contributed by atoms with E-state index in [4.69, 9.17) is 5.26 Å². The van der Waals surface area contributed by atoms with Crippen LogP contribution < -0.4 is 5.32 Å². The average molecular weight is 396 g/mol. The van der Waals surface area contributed by atoms with E-state index in [0.29, 0.717) is 17.3 Å². The van der Waals surface area contributed by atoms with Gasteiger partial charge < -0.3 is 5.32 Å². The second-order valence-corrected chi connectivity index (χ2v) is 8.58. The lowest BCUT2D eigenvalue weighted by Gasteiger charge is -2.13. The van der Waals surface area contributed by atoms with E-state index in [2.05, 4.69) is 26.2 Å². The zero-order chi connectivity index (χ0) is 18.8. The summed E-state index contributed by atoms with van der Waals surface area (Å²) in [5, 5.41) is 23.0. The fourth-order valence-corrected chi connectivity index (χ4v) is 4.30. The van der Waals surface area contributed by atoms with Gasteiger partial charge in [0, 0.05) is 11.7 Å². The summed E-state index contributed by atoms with van der Waals surface area (Å²) in [5.74, 6) is 0.780. The molecule has 1 atom stereocenters. The Morgan fingerprint density at radius 1 is 1.33 bits per heavy atom. The number of aromatic nitrogens is 3. The summed E-state index contributed by atoms with van der Waals surface area (Å²) in [6, 6.07) is 13.4. The first-order valence-corrected chi connectivity index (χ1v) is 10.4. The molecule has 0 bridgehead atoms. The average Bonchev–Trinajstić information content (AvgIpc) is 3.20. The van der Waals surface area contributed by atoms with Gasteiger partial charge in [0.25, 0.3) is 0 Å². The van der Waals surface area contributed by atoms with Gasteiger partial charge in [-0.05, 0) is 55.5 Å². The van der Waals surface area contributed by atoms with E-state index in [1.54, 1.807) is 35.6 Å². The zero-order valence-corrected chi connectivity index (χ0v) is 16.3. The van der Waals surface area contributed by atoms with Crippen molar-refractivity contribution in [3.05, 3.63) is 47.3 Å². The minimum atomic E-state index is -0.321. The van der Waals surface area contributed by atoms with E-state index in [9.17, 15) is 4.79 Å².